The molecule has 0 bridgehead atoms. The number of rotatable bonds is 15. The van der Waals surface area contributed by atoms with Gasteiger partial charge in [0.2, 0.25) is 11.8 Å². The van der Waals surface area contributed by atoms with Crippen molar-refractivity contribution in [2.24, 2.45) is 0 Å². The maximum Gasteiger partial charge on any atom is 0.407 e. The number of nitrogens with one attached hydrogen (secondary N) is 4. The summed E-state index contributed by atoms with van der Waals surface area (Å²) in [6.45, 7) is 6.52. The highest BCUT2D eigenvalue weighted by Gasteiger charge is 2.22. The monoisotopic (exact) mass is 706 g/mol. The number of hydrogen-bond donors (Lipinski definition) is 4. The smallest absolute Gasteiger partial charge is 0.407 e. The lowest BCUT2D eigenvalue weighted by Crippen LogP contribution is -2.44. The minimum absolute atomic E-state index is 0.0535. The van der Waals surface area contributed by atoms with E-state index in [1.807, 2.05) is 69.3 Å². The second kappa shape index (κ2) is 17.9. The second-order valence-corrected chi connectivity index (χ2v) is 11.9. The van der Waals surface area contributed by atoms with Crippen LogP contribution in [0.1, 0.15) is 45.3 Å². The van der Waals surface area contributed by atoms with E-state index < -0.39 is 12.2 Å². The molecule has 0 saturated carbocycles. The van der Waals surface area contributed by atoms with E-state index in [2.05, 4.69) is 40.0 Å². The Bertz CT molecular complexity index is 1760. The van der Waals surface area contributed by atoms with Crippen molar-refractivity contribution in [1.29, 1.82) is 0 Å². The van der Waals surface area contributed by atoms with Gasteiger partial charge in [0, 0.05) is 18.2 Å². The number of H-pyrrole nitrogens is 2. The third-order valence-electron chi connectivity index (χ3n) is 8.11. The molecular formula is C35H43ClN8O6. The summed E-state index contributed by atoms with van der Waals surface area (Å²) in [4.78, 5) is 67.2. The summed E-state index contributed by atoms with van der Waals surface area (Å²) in [6, 6.07) is 15.8. The molecule has 2 aromatic heterocycles. The number of imidazole rings is 2. The van der Waals surface area contributed by atoms with Crippen molar-refractivity contribution < 1.29 is 28.7 Å². The van der Waals surface area contributed by atoms with Gasteiger partial charge in [-0.25, -0.2) is 19.6 Å². The number of benzene rings is 2. The molecule has 0 aliphatic heterocycles. The Kier molecular flexibility index (Phi) is 13.4. The molecule has 14 nitrogen and oxygen atoms in total. The highest BCUT2D eigenvalue weighted by molar-refractivity contribution is 6.31. The average Bonchev–Trinajstić information content (AvgIpc) is 3.77. The third kappa shape index (κ3) is 9.84. The van der Waals surface area contributed by atoms with Gasteiger partial charge in [-0.15, -0.1) is 0 Å². The number of carbonyl (C=O) groups excluding carboxylic acids is 4. The first-order chi connectivity index (χ1) is 24.1. The summed E-state index contributed by atoms with van der Waals surface area (Å²) >= 11 is 6.53. The fourth-order valence-electron chi connectivity index (χ4n) is 5.18. The summed E-state index contributed by atoms with van der Waals surface area (Å²) in [6.07, 6.45) is 1.88. The fraction of sp³-hybridized carbons (Fsp3) is 0.371. The van der Waals surface area contributed by atoms with Gasteiger partial charge in [-0.3, -0.25) is 9.59 Å². The molecule has 0 fully saturated rings. The Balaban J connectivity index is 1.41. The molecule has 266 valence electrons. The zero-order valence-electron chi connectivity index (χ0n) is 28.8. The van der Waals surface area contributed by atoms with E-state index in [9.17, 15) is 19.2 Å². The normalized spacial score (nSPS) is 11.4. The Morgan fingerprint density at radius 1 is 0.800 bits per heavy atom. The molecule has 0 radical (unpaired) electrons. The first-order valence-corrected chi connectivity index (χ1v) is 16.6. The maximum absolute atomic E-state index is 12.8. The van der Waals surface area contributed by atoms with Crippen molar-refractivity contribution in [1.82, 2.24) is 40.4 Å². The number of halogens is 1. The molecule has 4 N–H and O–H groups in total. The Hall–Kier alpha value is -5.37. The number of methoxy groups -OCH3 is 2. The van der Waals surface area contributed by atoms with Crippen molar-refractivity contribution >= 4 is 35.6 Å². The zero-order chi connectivity index (χ0) is 36.2. The number of carbonyl (C=O) groups is 4. The largest absolute Gasteiger partial charge is 0.453 e. The van der Waals surface area contributed by atoms with Gasteiger partial charge in [-0.1, -0.05) is 74.0 Å². The van der Waals surface area contributed by atoms with E-state index in [0.29, 0.717) is 29.0 Å². The third-order valence-corrected chi connectivity index (χ3v) is 8.39. The fourth-order valence-corrected chi connectivity index (χ4v) is 5.44. The Morgan fingerprint density at radius 2 is 1.36 bits per heavy atom. The van der Waals surface area contributed by atoms with Crippen LogP contribution >= 0.6 is 11.6 Å². The first-order valence-electron chi connectivity index (χ1n) is 16.3. The highest BCUT2D eigenvalue weighted by Crippen LogP contribution is 2.30. The van der Waals surface area contributed by atoms with Crippen molar-refractivity contribution in [3.8, 4) is 33.6 Å². The molecule has 0 unspecified atom stereocenters. The summed E-state index contributed by atoms with van der Waals surface area (Å²) in [7, 11) is 2.49. The van der Waals surface area contributed by atoms with Gasteiger partial charge in [0.1, 0.15) is 35.6 Å². The van der Waals surface area contributed by atoms with Gasteiger partial charge in [0.05, 0.1) is 39.2 Å². The lowest BCUT2D eigenvalue weighted by Gasteiger charge is -2.27. The van der Waals surface area contributed by atoms with Crippen LogP contribution in [0.25, 0.3) is 33.6 Å². The van der Waals surface area contributed by atoms with Gasteiger partial charge in [0.25, 0.3) is 0 Å². The minimum Gasteiger partial charge on any atom is -0.453 e. The van der Waals surface area contributed by atoms with Gasteiger partial charge in [-0.05, 0) is 36.5 Å². The maximum atomic E-state index is 12.8. The van der Waals surface area contributed by atoms with Crippen LogP contribution in [-0.4, -0.2) is 93.6 Å². The summed E-state index contributed by atoms with van der Waals surface area (Å²) in [5.74, 6) is 0.666. The number of ether oxygens (including phenoxy) is 2. The van der Waals surface area contributed by atoms with Crippen LogP contribution in [0.3, 0.4) is 0 Å². The van der Waals surface area contributed by atoms with Crippen LogP contribution in [0, 0.1) is 0 Å². The Morgan fingerprint density at radius 3 is 1.92 bits per heavy atom. The highest BCUT2D eigenvalue weighted by atomic mass is 35.5. The van der Waals surface area contributed by atoms with Crippen LogP contribution in [0.15, 0.2) is 54.7 Å². The van der Waals surface area contributed by atoms with E-state index in [1.54, 1.807) is 16.0 Å². The number of alkyl carbamates (subject to hydrolysis) is 2. The topological polar surface area (TPSA) is 175 Å². The Labute approximate surface area is 295 Å². The van der Waals surface area contributed by atoms with E-state index in [1.165, 1.54) is 14.2 Å². The number of aromatic amines is 2. The van der Waals surface area contributed by atoms with E-state index >= 15 is 0 Å². The molecule has 2 heterocycles. The molecule has 1 atom stereocenters. The molecule has 50 heavy (non-hydrogen) atoms. The molecule has 4 aromatic rings. The first kappa shape index (κ1) is 37.4. The molecular weight excluding hydrogens is 664 g/mol. The molecule has 4 rings (SSSR count). The molecule has 0 aliphatic carbocycles. The zero-order valence-corrected chi connectivity index (χ0v) is 29.6. The molecule has 0 saturated heterocycles. The van der Waals surface area contributed by atoms with Crippen LogP contribution in [-0.2, 0) is 32.2 Å². The van der Waals surface area contributed by atoms with Gasteiger partial charge in [-0.2, -0.15) is 0 Å². The summed E-state index contributed by atoms with van der Waals surface area (Å²) < 4.78 is 9.11. The predicted molar refractivity (Wildman–Crippen MR) is 189 cm³/mol. The van der Waals surface area contributed by atoms with Crippen molar-refractivity contribution in [3.63, 3.8) is 0 Å². The van der Waals surface area contributed by atoms with Crippen LogP contribution in [0.5, 0.6) is 0 Å². The van der Waals surface area contributed by atoms with E-state index in [0.717, 1.165) is 40.8 Å². The molecule has 15 heteroatoms. The van der Waals surface area contributed by atoms with E-state index in [4.69, 9.17) is 11.6 Å². The van der Waals surface area contributed by atoms with Crippen LogP contribution < -0.4 is 10.6 Å². The summed E-state index contributed by atoms with van der Waals surface area (Å²) in [5, 5.41) is 5.22. The number of aromatic nitrogens is 4. The van der Waals surface area contributed by atoms with Crippen molar-refractivity contribution in [3.05, 3.63) is 71.5 Å². The second-order valence-electron chi connectivity index (χ2n) is 11.5. The SMILES string of the molecule is CCCN(Cc1nc(-c2ccc(-c3ccc(-c4cnc(CN(C(=O)CNC(=O)OC)[C@@H](C)CC)[nH]4)cc3)cc2)c(Cl)[nH]1)C(=O)CNC(=O)OC. The van der Waals surface area contributed by atoms with Gasteiger partial charge in [0.15, 0.2) is 0 Å². The van der Waals surface area contributed by atoms with Gasteiger partial charge >= 0.3 is 12.2 Å². The standard InChI is InChI=1S/C35H43ClN8O6/c1-6-16-43(30(45)18-38-34(47)49-4)20-29-41-32(33(36)42-29)26-14-10-24(11-15-26)23-8-12-25(13-9-23)27-17-37-28(40-27)21-44(22(3)7-2)31(46)19-39-35(48)50-5/h8-15,17,22H,6-7,16,18-21H2,1-5H3,(H,37,40)(H,38,47)(H,39,48)(H,41,42)/t22-/m0/s1. The van der Waals surface area contributed by atoms with Gasteiger partial charge < -0.3 is 39.9 Å². The molecule has 4 amide bonds. The predicted octanol–water partition coefficient (Wildman–Crippen LogP) is 5.36. The number of nitrogens with zero attached hydrogens (tertiary/aromatic N) is 4. The summed E-state index contributed by atoms with van der Waals surface area (Å²) in [5.41, 5.74) is 5.14. The molecule has 0 aliphatic rings. The molecule has 0 spiro atoms. The van der Waals surface area contributed by atoms with Crippen molar-refractivity contribution in [2.75, 3.05) is 33.9 Å². The number of amides is 4. The quantitative estimate of drug-likeness (QED) is 0.128. The minimum atomic E-state index is -0.673. The van der Waals surface area contributed by atoms with Crippen LogP contribution in [0.4, 0.5) is 9.59 Å². The lowest BCUT2D eigenvalue weighted by molar-refractivity contribution is -0.133. The number of hydrogen-bond acceptors (Lipinski definition) is 8. The average molecular weight is 707 g/mol. The van der Waals surface area contributed by atoms with Crippen LogP contribution in [0.2, 0.25) is 5.15 Å². The lowest BCUT2D eigenvalue weighted by atomic mass is 10.0. The van der Waals surface area contributed by atoms with Crippen molar-refractivity contribution in [2.45, 2.75) is 52.7 Å². The molecule has 2 aromatic carbocycles. The van der Waals surface area contributed by atoms with E-state index in [-0.39, 0.29) is 44.0 Å².